The average Bonchev–Trinajstić information content (AvgIpc) is 2.66. The summed E-state index contributed by atoms with van der Waals surface area (Å²) in [7, 11) is 0. The molecule has 9 heteroatoms. The zero-order valence-electron chi connectivity index (χ0n) is 14.8. The van der Waals surface area contributed by atoms with E-state index in [0.29, 0.717) is 17.1 Å². The van der Waals surface area contributed by atoms with Crippen LogP contribution in [0.5, 0.6) is 5.75 Å². The quantitative estimate of drug-likeness (QED) is 0.609. The number of aromatic nitrogens is 3. The molecule has 0 atom stereocenters. The summed E-state index contributed by atoms with van der Waals surface area (Å²) in [4.78, 5) is 20.8. The number of nitrogens with zero attached hydrogens (tertiary/aromatic N) is 4. The zero-order valence-corrected chi connectivity index (χ0v) is 16.4. The molecule has 0 amide bonds. The molecular weight excluding hydrogens is 434 g/mol. The van der Waals surface area contributed by atoms with Crippen molar-refractivity contribution in [3.05, 3.63) is 79.7 Å². The Kier molecular flexibility index (Phi) is 5.51. The van der Waals surface area contributed by atoms with Gasteiger partial charge in [-0.3, -0.25) is 9.36 Å². The van der Waals surface area contributed by atoms with Crippen molar-refractivity contribution in [2.24, 2.45) is 0 Å². The molecule has 0 saturated carbocycles. The van der Waals surface area contributed by atoms with Gasteiger partial charge in [-0.1, -0.05) is 0 Å². The molecule has 1 aromatic carbocycles. The fraction of sp³-hybridized carbons (Fsp3) is 0.158. The van der Waals surface area contributed by atoms with E-state index in [2.05, 4.69) is 25.9 Å². The van der Waals surface area contributed by atoms with Crippen LogP contribution in [0.4, 0.5) is 8.78 Å². The molecule has 0 bridgehead atoms. The molecule has 2 heterocycles. The fourth-order valence-electron chi connectivity index (χ4n) is 2.61. The van der Waals surface area contributed by atoms with Crippen LogP contribution >= 0.6 is 15.9 Å². The van der Waals surface area contributed by atoms with Gasteiger partial charge < -0.3 is 4.74 Å². The average molecular weight is 447 g/mol. The highest BCUT2D eigenvalue weighted by Gasteiger charge is 2.16. The van der Waals surface area contributed by atoms with Gasteiger partial charge in [0.05, 0.1) is 17.6 Å². The molecule has 0 unspecified atom stereocenters. The van der Waals surface area contributed by atoms with E-state index in [0.717, 1.165) is 12.1 Å². The van der Waals surface area contributed by atoms with Crippen LogP contribution in [0, 0.1) is 36.8 Å². The van der Waals surface area contributed by atoms with Crippen molar-refractivity contribution >= 4 is 15.9 Å². The van der Waals surface area contributed by atoms with Gasteiger partial charge >= 0.3 is 0 Å². The third-order valence-electron chi connectivity index (χ3n) is 3.99. The summed E-state index contributed by atoms with van der Waals surface area (Å²) >= 11 is 3.21. The van der Waals surface area contributed by atoms with Crippen LogP contribution in [-0.4, -0.2) is 14.5 Å². The third kappa shape index (κ3) is 3.77. The van der Waals surface area contributed by atoms with Crippen LogP contribution < -0.4 is 10.3 Å². The standard InChI is InChI=1S/C19H13BrF2N4O2/c1-10-5-16(28-9-12-3-4-13(21)6-14(12)22)18(20)19(27)26(10)15-8-24-17(7-23)25-11(15)2/h3-6,8H,9H2,1-2H3. The van der Waals surface area contributed by atoms with E-state index < -0.39 is 17.2 Å². The van der Waals surface area contributed by atoms with Gasteiger partial charge in [0.2, 0.25) is 5.82 Å². The summed E-state index contributed by atoms with van der Waals surface area (Å²) in [5, 5.41) is 8.89. The summed E-state index contributed by atoms with van der Waals surface area (Å²) < 4.78 is 33.9. The summed E-state index contributed by atoms with van der Waals surface area (Å²) in [5.74, 6) is -1.19. The smallest absolute Gasteiger partial charge is 0.273 e. The maximum absolute atomic E-state index is 13.8. The predicted molar refractivity (Wildman–Crippen MR) is 100 cm³/mol. The second-order valence-electron chi connectivity index (χ2n) is 5.90. The summed E-state index contributed by atoms with van der Waals surface area (Å²) in [6, 6.07) is 6.63. The van der Waals surface area contributed by atoms with Crippen molar-refractivity contribution in [3.8, 4) is 17.5 Å². The summed E-state index contributed by atoms with van der Waals surface area (Å²) in [6.45, 7) is 3.18. The van der Waals surface area contributed by atoms with Gasteiger partial charge in [0.1, 0.15) is 34.5 Å². The van der Waals surface area contributed by atoms with Crippen LogP contribution in [0.15, 0.2) is 39.7 Å². The first kappa shape index (κ1) is 19.6. The monoisotopic (exact) mass is 446 g/mol. The first-order valence-corrected chi connectivity index (χ1v) is 8.84. The SMILES string of the molecule is Cc1nc(C#N)ncc1-n1c(C)cc(OCc2ccc(F)cc2F)c(Br)c1=O. The van der Waals surface area contributed by atoms with Gasteiger partial charge in [0, 0.05) is 23.4 Å². The van der Waals surface area contributed by atoms with Crippen molar-refractivity contribution in [2.75, 3.05) is 0 Å². The van der Waals surface area contributed by atoms with E-state index in [1.807, 2.05) is 6.07 Å². The molecular formula is C19H13BrF2N4O2. The number of aryl methyl sites for hydroxylation is 2. The molecule has 3 aromatic rings. The maximum Gasteiger partial charge on any atom is 0.273 e. The van der Waals surface area contributed by atoms with Gasteiger partial charge in [-0.25, -0.2) is 18.7 Å². The summed E-state index contributed by atoms with van der Waals surface area (Å²) in [5.41, 5.74) is 1.15. The minimum atomic E-state index is -0.730. The minimum Gasteiger partial charge on any atom is -0.487 e. The Balaban J connectivity index is 1.97. The molecule has 0 aliphatic heterocycles. The normalized spacial score (nSPS) is 10.6. The van der Waals surface area contributed by atoms with Crippen LogP contribution in [0.2, 0.25) is 0 Å². The Morgan fingerprint density at radius 3 is 2.68 bits per heavy atom. The molecule has 2 aromatic heterocycles. The van der Waals surface area contributed by atoms with Gasteiger partial charge in [-0.15, -0.1) is 0 Å². The predicted octanol–water partition coefficient (Wildman–Crippen LogP) is 3.74. The molecule has 0 N–H and O–H groups in total. The van der Waals surface area contributed by atoms with Crippen LogP contribution in [-0.2, 0) is 6.61 Å². The van der Waals surface area contributed by atoms with Crippen LogP contribution in [0.3, 0.4) is 0 Å². The second kappa shape index (κ2) is 7.86. The van der Waals surface area contributed by atoms with Gasteiger partial charge in [-0.2, -0.15) is 5.26 Å². The van der Waals surface area contributed by atoms with E-state index in [4.69, 9.17) is 10.00 Å². The Labute approximate surface area is 167 Å². The highest BCUT2D eigenvalue weighted by molar-refractivity contribution is 9.10. The largest absolute Gasteiger partial charge is 0.487 e. The number of hydrogen-bond acceptors (Lipinski definition) is 5. The van der Waals surface area contributed by atoms with E-state index in [1.165, 1.54) is 16.8 Å². The fourth-order valence-corrected chi connectivity index (χ4v) is 3.02. The Hall–Kier alpha value is -3.12. The maximum atomic E-state index is 13.8. The second-order valence-corrected chi connectivity index (χ2v) is 6.70. The van der Waals surface area contributed by atoms with E-state index in [-0.39, 0.29) is 28.2 Å². The number of halogens is 3. The van der Waals surface area contributed by atoms with Crippen molar-refractivity contribution in [2.45, 2.75) is 20.5 Å². The molecule has 6 nitrogen and oxygen atoms in total. The molecule has 0 aliphatic rings. The summed E-state index contributed by atoms with van der Waals surface area (Å²) in [6.07, 6.45) is 1.40. The highest BCUT2D eigenvalue weighted by atomic mass is 79.9. The Bertz CT molecular complexity index is 1170. The van der Waals surface area contributed by atoms with Gasteiger partial charge in [0.15, 0.2) is 0 Å². The molecule has 142 valence electrons. The van der Waals surface area contributed by atoms with Crippen molar-refractivity contribution in [3.63, 3.8) is 0 Å². The molecule has 0 saturated heterocycles. The molecule has 0 spiro atoms. The Morgan fingerprint density at radius 2 is 2.04 bits per heavy atom. The van der Waals surface area contributed by atoms with Gasteiger partial charge in [-0.05, 0) is 41.9 Å². The highest BCUT2D eigenvalue weighted by Crippen LogP contribution is 2.25. The zero-order chi connectivity index (χ0) is 20.4. The molecule has 0 aliphatic carbocycles. The Morgan fingerprint density at radius 1 is 1.29 bits per heavy atom. The molecule has 0 fully saturated rings. The minimum absolute atomic E-state index is 0.00676. The first-order valence-electron chi connectivity index (χ1n) is 8.04. The number of rotatable bonds is 4. The number of nitriles is 1. The van der Waals surface area contributed by atoms with Gasteiger partial charge in [0.25, 0.3) is 5.56 Å². The lowest BCUT2D eigenvalue weighted by Gasteiger charge is -2.15. The lowest BCUT2D eigenvalue weighted by Crippen LogP contribution is -2.23. The van der Waals surface area contributed by atoms with Crippen LogP contribution in [0.1, 0.15) is 22.8 Å². The van der Waals surface area contributed by atoms with E-state index in [9.17, 15) is 13.6 Å². The van der Waals surface area contributed by atoms with Crippen LogP contribution in [0.25, 0.3) is 5.69 Å². The third-order valence-corrected chi connectivity index (χ3v) is 4.72. The van der Waals surface area contributed by atoms with E-state index in [1.54, 1.807) is 19.9 Å². The first-order chi connectivity index (χ1) is 13.3. The van der Waals surface area contributed by atoms with E-state index >= 15 is 0 Å². The molecule has 3 rings (SSSR count). The number of ether oxygens (including phenoxy) is 1. The van der Waals surface area contributed by atoms with Crippen molar-refractivity contribution in [1.82, 2.24) is 14.5 Å². The molecule has 28 heavy (non-hydrogen) atoms. The number of hydrogen-bond donors (Lipinski definition) is 0. The van der Waals surface area contributed by atoms with Crippen molar-refractivity contribution in [1.29, 1.82) is 5.26 Å². The topological polar surface area (TPSA) is 80.8 Å². The number of benzene rings is 1. The lowest BCUT2D eigenvalue weighted by molar-refractivity contribution is 0.296. The lowest BCUT2D eigenvalue weighted by atomic mass is 10.2. The number of pyridine rings is 1. The van der Waals surface area contributed by atoms with Crippen molar-refractivity contribution < 1.29 is 13.5 Å². The molecule has 0 radical (unpaired) electrons.